The maximum absolute atomic E-state index is 12.0. The Morgan fingerprint density at radius 2 is 1.85 bits per heavy atom. The van der Waals surface area contributed by atoms with Crippen molar-refractivity contribution < 1.29 is 19.8 Å². The second-order valence-corrected chi connectivity index (χ2v) is 3.95. The van der Waals surface area contributed by atoms with Crippen LogP contribution in [0.25, 0.3) is 0 Å². The van der Waals surface area contributed by atoms with E-state index in [2.05, 4.69) is 18.5 Å². The number of aromatic hydroxyl groups is 1. The SMILES string of the molecule is C=CCN(CC=C)C(=O)Nc1ccc(C(=O)O)cc1O. The van der Waals surface area contributed by atoms with Crippen molar-refractivity contribution in [2.45, 2.75) is 0 Å². The molecule has 3 N–H and O–H groups in total. The molecule has 6 heteroatoms. The van der Waals surface area contributed by atoms with E-state index >= 15 is 0 Å². The first-order chi connectivity index (χ1) is 9.49. The first-order valence-corrected chi connectivity index (χ1v) is 5.83. The summed E-state index contributed by atoms with van der Waals surface area (Å²) in [5.41, 5.74) is 0.0765. The van der Waals surface area contributed by atoms with Crippen molar-refractivity contribution in [1.29, 1.82) is 0 Å². The predicted molar refractivity (Wildman–Crippen MR) is 76.1 cm³/mol. The van der Waals surface area contributed by atoms with Crippen LogP contribution in [0, 0.1) is 0 Å². The number of urea groups is 1. The number of benzene rings is 1. The first-order valence-electron chi connectivity index (χ1n) is 5.83. The van der Waals surface area contributed by atoms with E-state index in [1.54, 1.807) is 12.2 Å². The number of nitrogens with one attached hydrogen (secondary N) is 1. The van der Waals surface area contributed by atoms with Crippen molar-refractivity contribution in [3.63, 3.8) is 0 Å². The van der Waals surface area contributed by atoms with Gasteiger partial charge in [-0.2, -0.15) is 0 Å². The van der Waals surface area contributed by atoms with Gasteiger partial charge in [0.05, 0.1) is 11.3 Å². The molecule has 0 atom stereocenters. The summed E-state index contributed by atoms with van der Waals surface area (Å²) in [6, 6.07) is 3.26. The third-order valence-electron chi connectivity index (χ3n) is 2.47. The summed E-state index contributed by atoms with van der Waals surface area (Å²) in [5.74, 6) is -1.46. The van der Waals surface area contributed by atoms with Crippen molar-refractivity contribution >= 4 is 17.7 Å². The van der Waals surface area contributed by atoms with Crippen LogP contribution < -0.4 is 5.32 Å². The first kappa shape index (κ1) is 15.3. The van der Waals surface area contributed by atoms with Crippen LogP contribution in [0.15, 0.2) is 43.5 Å². The molecule has 106 valence electrons. The maximum atomic E-state index is 12.0. The summed E-state index contributed by atoms with van der Waals surface area (Å²) in [4.78, 5) is 24.1. The van der Waals surface area contributed by atoms with Gasteiger partial charge in [0.2, 0.25) is 0 Å². The van der Waals surface area contributed by atoms with Gasteiger partial charge >= 0.3 is 12.0 Å². The van der Waals surface area contributed by atoms with Crippen molar-refractivity contribution in [3.8, 4) is 5.75 Å². The van der Waals surface area contributed by atoms with Gasteiger partial charge < -0.3 is 20.4 Å². The molecular formula is C14H16N2O4. The quantitative estimate of drug-likeness (QED) is 0.549. The maximum Gasteiger partial charge on any atom is 0.335 e. The molecule has 1 aromatic rings. The Morgan fingerprint density at radius 1 is 1.25 bits per heavy atom. The van der Waals surface area contributed by atoms with Crippen LogP contribution in [0.5, 0.6) is 5.75 Å². The Labute approximate surface area is 116 Å². The van der Waals surface area contributed by atoms with Crippen molar-refractivity contribution in [3.05, 3.63) is 49.1 Å². The van der Waals surface area contributed by atoms with Crippen LogP contribution in [0.3, 0.4) is 0 Å². The molecule has 0 radical (unpaired) electrons. The molecule has 0 saturated heterocycles. The molecule has 0 aromatic heterocycles. The van der Waals surface area contributed by atoms with Crippen LogP contribution in [-0.2, 0) is 0 Å². The number of hydrogen-bond acceptors (Lipinski definition) is 3. The van der Waals surface area contributed by atoms with E-state index in [1.807, 2.05) is 0 Å². The highest BCUT2D eigenvalue weighted by Crippen LogP contribution is 2.24. The normalized spacial score (nSPS) is 9.60. The number of amides is 2. The van der Waals surface area contributed by atoms with E-state index in [4.69, 9.17) is 5.11 Å². The van der Waals surface area contributed by atoms with Gasteiger partial charge in [0.15, 0.2) is 0 Å². The largest absolute Gasteiger partial charge is 0.506 e. The van der Waals surface area contributed by atoms with Crippen molar-refractivity contribution in [1.82, 2.24) is 4.90 Å². The lowest BCUT2D eigenvalue weighted by Gasteiger charge is -2.20. The van der Waals surface area contributed by atoms with Crippen LogP contribution >= 0.6 is 0 Å². The fourth-order valence-electron chi connectivity index (χ4n) is 1.52. The molecule has 0 fully saturated rings. The molecule has 0 aliphatic heterocycles. The number of hydrogen-bond donors (Lipinski definition) is 3. The minimum absolute atomic E-state index is 0.0606. The number of anilines is 1. The van der Waals surface area contributed by atoms with E-state index in [0.29, 0.717) is 13.1 Å². The Kier molecular flexibility index (Phi) is 5.34. The lowest BCUT2D eigenvalue weighted by molar-refractivity contribution is 0.0696. The Bertz CT molecular complexity index is 530. The van der Waals surface area contributed by atoms with E-state index in [9.17, 15) is 14.7 Å². The molecule has 0 saturated carbocycles. The summed E-state index contributed by atoms with van der Waals surface area (Å²) < 4.78 is 0. The number of rotatable bonds is 6. The number of aromatic carboxylic acids is 1. The number of carbonyl (C=O) groups excluding carboxylic acids is 1. The summed E-state index contributed by atoms with van der Waals surface area (Å²) in [6.07, 6.45) is 3.13. The lowest BCUT2D eigenvalue weighted by atomic mass is 10.2. The zero-order chi connectivity index (χ0) is 15.1. The topological polar surface area (TPSA) is 89.9 Å². The predicted octanol–water partition coefficient (Wildman–Crippen LogP) is 2.30. The van der Waals surface area contributed by atoms with Crippen LogP contribution in [0.1, 0.15) is 10.4 Å². The fraction of sp³-hybridized carbons (Fsp3) is 0.143. The summed E-state index contributed by atoms with van der Waals surface area (Å²) in [5, 5.41) is 21.0. The minimum atomic E-state index is -1.15. The number of nitrogens with zero attached hydrogens (tertiary/aromatic N) is 1. The second kappa shape index (κ2) is 6.98. The van der Waals surface area contributed by atoms with Gasteiger partial charge in [-0.3, -0.25) is 0 Å². The molecule has 2 amide bonds. The van der Waals surface area contributed by atoms with Gasteiger partial charge in [-0.25, -0.2) is 9.59 Å². The minimum Gasteiger partial charge on any atom is -0.506 e. The Hall–Kier alpha value is -2.76. The lowest BCUT2D eigenvalue weighted by Crippen LogP contribution is -2.35. The zero-order valence-corrected chi connectivity index (χ0v) is 10.9. The Balaban J connectivity index is 2.86. The molecule has 0 heterocycles. The molecule has 0 aliphatic carbocycles. The molecule has 0 aliphatic rings. The molecule has 0 bridgehead atoms. The second-order valence-electron chi connectivity index (χ2n) is 3.95. The number of phenolic OH excluding ortho intramolecular Hbond substituents is 1. The number of carbonyl (C=O) groups is 2. The molecule has 0 unspecified atom stereocenters. The molecule has 6 nitrogen and oxygen atoms in total. The van der Waals surface area contributed by atoms with Gasteiger partial charge in [-0.1, -0.05) is 12.2 Å². The number of phenols is 1. The number of carboxylic acid groups (broad SMARTS) is 1. The van der Waals surface area contributed by atoms with E-state index in [0.717, 1.165) is 6.07 Å². The summed E-state index contributed by atoms with van der Waals surface area (Å²) in [7, 11) is 0. The number of carboxylic acids is 1. The van der Waals surface area contributed by atoms with Crippen LogP contribution in [-0.4, -0.2) is 40.2 Å². The van der Waals surface area contributed by atoms with E-state index < -0.39 is 12.0 Å². The molecular weight excluding hydrogens is 260 g/mol. The van der Waals surface area contributed by atoms with Crippen molar-refractivity contribution in [2.24, 2.45) is 0 Å². The fourth-order valence-corrected chi connectivity index (χ4v) is 1.52. The molecule has 20 heavy (non-hydrogen) atoms. The highest BCUT2D eigenvalue weighted by atomic mass is 16.4. The smallest absolute Gasteiger partial charge is 0.335 e. The van der Waals surface area contributed by atoms with Gasteiger partial charge in [-0.15, -0.1) is 13.2 Å². The molecule has 0 spiro atoms. The van der Waals surface area contributed by atoms with E-state index in [1.165, 1.54) is 17.0 Å². The van der Waals surface area contributed by atoms with Gasteiger partial charge in [0, 0.05) is 13.1 Å². The average Bonchev–Trinajstić information content (AvgIpc) is 2.40. The van der Waals surface area contributed by atoms with Gasteiger partial charge in [0.1, 0.15) is 5.75 Å². The molecule has 1 rings (SSSR count). The van der Waals surface area contributed by atoms with Crippen molar-refractivity contribution in [2.75, 3.05) is 18.4 Å². The third-order valence-corrected chi connectivity index (χ3v) is 2.47. The van der Waals surface area contributed by atoms with Crippen LogP contribution in [0.2, 0.25) is 0 Å². The van der Waals surface area contributed by atoms with E-state index in [-0.39, 0.29) is 17.0 Å². The highest BCUT2D eigenvalue weighted by molar-refractivity contribution is 5.93. The van der Waals surface area contributed by atoms with Crippen LogP contribution in [0.4, 0.5) is 10.5 Å². The Morgan fingerprint density at radius 3 is 2.30 bits per heavy atom. The average molecular weight is 276 g/mol. The third kappa shape index (κ3) is 3.88. The summed E-state index contributed by atoms with van der Waals surface area (Å²) >= 11 is 0. The molecule has 1 aromatic carbocycles. The standard InChI is InChI=1S/C14H16N2O4/c1-3-7-16(8-4-2)14(20)15-11-6-5-10(13(18)19)9-12(11)17/h3-6,9,17H,1-2,7-8H2,(H,15,20)(H,18,19). The van der Waals surface area contributed by atoms with Gasteiger partial charge in [-0.05, 0) is 18.2 Å². The highest BCUT2D eigenvalue weighted by Gasteiger charge is 2.14. The zero-order valence-electron chi connectivity index (χ0n) is 10.9. The van der Waals surface area contributed by atoms with Gasteiger partial charge in [0.25, 0.3) is 0 Å². The monoisotopic (exact) mass is 276 g/mol. The summed E-state index contributed by atoms with van der Waals surface area (Å²) in [6.45, 7) is 7.75.